The molecule has 0 amide bonds. The number of piperidine rings is 1. The summed E-state index contributed by atoms with van der Waals surface area (Å²) < 4.78 is 32.4. The molecule has 1 saturated carbocycles. The number of hydrogen-bond acceptors (Lipinski definition) is 6. The lowest BCUT2D eigenvalue weighted by atomic mass is 10.1. The van der Waals surface area contributed by atoms with E-state index in [1.807, 2.05) is 6.92 Å². The molecular formula is C14H24N4O2S2. The van der Waals surface area contributed by atoms with Crippen molar-refractivity contribution in [1.82, 2.24) is 14.1 Å². The van der Waals surface area contributed by atoms with Crippen molar-refractivity contribution in [3.63, 3.8) is 0 Å². The molecule has 2 aliphatic rings. The molecule has 0 spiro atoms. The minimum atomic E-state index is -3.24. The molecule has 0 radical (unpaired) electrons. The number of aryl methyl sites for hydroxylation is 1. The number of nitrogens with one attached hydrogen (secondary N) is 1. The molecule has 1 aliphatic carbocycles. The third kappa shape index (κ3) is 3.60. The number of nitrogens with zero attached hydrogens (tertiary/aromatic N) is 3. The van der Waals surface area contributed by atoms with Crippen molar-refractivity contribution in [1.29, 1.82) is 0 Å². The molecular weight excluding hydrogens is 320 g/mol. The highest BCUT2D eigenvalue weighted by atomic mass is 32.2. The third-order valence-corrected chi connectivity index (χ3v) is 7.29. The van der Waals surface area contributed by atoms with E-state index in [1.165, 1.54) is 11.5 Å². The molecule has 1 saturated heterocycles. The van der Waals surface area contributed by atoms with Gasteiger partial charge in [-0.3, -0.25) is 0 Å². The predicted molar refractivity (Wildman–Crippen MR) is 88.8 cm³/mol. The molecule has 2 heterocycles. The lowest BCUT2D eigenvalue weighted by molar-refractivity contribution is 0.506. The normalized spacial score (nSPS) is 24.0. The molecule has 0 unspecified atom stereocenters. The Morgan fingerprint density at radius 1 is 1.27 bits per heavy atom. The van der Waals surface area contributed by atoms with Crippen molar-refractivity contribution in [2.75, 3.05) is 18.0 Å². The van der Waals surface area contributed by atoms with Gasteiger partial charge in [0, 0.05) is 37.1 Å². The first-order valence-corrected chi connectivity index (χ1v) is 10.5. The van der Waals surface area contributed by atoms with Crippen LogP contribution in [0.1, 0.15) is 51.3 Å². The van der Waals surface area contributed by atoms with E-state index >= 15 is 0 Å². The van der Waals surface area contributed by atoms with Crippen LogP contribution in [0, 0.1) is 0 Å². The quantitative estimate of drug-likeness (QED) is 0.883. The van der Waals surface area contributed by atoms with Gasteiger partial charge in [0.15, 0.2) is 0 Å². The number of sulfonamides is 1. The molecule has 1 aromatic heterocycles. The molecule has 8 heteroatoms. The van der Waals surface area contributed by atoms with Crippen LogP contribution in [0.4, 0.5) is 5.13 Å². The van der Waals surface area contributed by atoms with Gasteiger partial charge in [-0.2, -0.15) is 4.37 Å². The first-order chi connectivity index (χ1) is 10.6. The first-order valence-electron chi connectivity index (χ1n) is 8.17. The van der Waals surface area contributed by atoms with Crippen molar-refractivity contribution in [2.24, 2.45) is 0 Å². The minimum Gasteiger partial charge on any atom is -0.346 e. The van der Waals surface area contributed by atoms with Gasteiger partial charge in [0.05, 0.1) is 5.25 Å². The Kier molecular flexibility index (Phi) is 4.99. The van der Waals surface area contributed by atoms with E-state index in [9.17, 15) is 8.42 Å². The predicted octanol–water partition coefficient (Wildman–Crippen LogP) is 1.93. The zero-order valence-corrected chi connectivity index (χ0v) is 14.6. The molecule has 1 atom stereocenters. The van der Waals surface area contributed by atoms with Gasteiger partial charge < -0.3 is 4.90 Å². The second-order valence-electron chi connectivity index (χ2n) is 6.20. The maximum absolute atomic E-state index is 12.6. The Morgan fingerprint density at radius 3 is 2.73 bits per heavy atom. The van der Waals surface area contributed by atoms with Crippen LogP contribution < -0.4 is 9.62 Å². The number of aromatic nitrogens is 2. The highest BCUT2D eigenvalue weighted by molar-refractivity contribution is 7.90. The van der Waals surface area contributed by atoms with Crippen LogP contribution in [0.15, 0.2) is 0 Å². The van der Waals surface area contributed by atoms with Crippen LogP contribution in [0.25, 0.3) is 0 Å². The molecule has 124 valence electrons. The van der Waals surface area contributed by atoms with Gasteiger partial charge in [-0.05, 0) is 25.7 Å². The lowest BCUT2D eigenvalue weighted by Crippen LogP contribution is -2.48. The average Bonchev–Trinajstić information content (AvgIpc) is 3.18. The summed E-state index contributed by atoms with van der Waals surface area (Å²) in [5, 5.41) is 0.522. The second-order valence-corrected chi connectivity index (χ2v) is 8.92. The van der Waals surface area contributed by atoms with E-state index in [1.54, 1.807) is 0 Å². The molecule has 22 heavy (non-hydrogen) atoms. The van der Waals surface area contributed by atoms with E-state index in [-0.39, 0.29) is 11.3 Å². The van der Waals surface area contributed by atoms with Crippen molar-refractivity contribution in [2.45, 2.75) is 63.2 Å². The van der Waals surface area contributed by atoms with Gasteiger partial charge in [0.25, 0.3) is 0 Å². The van der Waals surface area contributed by atoms with E-state index in [2.05, 4.69) is 19.0 Å². The van der Waals surface area contributed by atoms with Gasteiger partial charge in [0.2, 0.25) is 15.2 Å². The molecule has 0 bridgehead atoms. The minimum absolute atomic E-state index is 0.147. The van der Waals surface area contributed by atoms with E-state index in [4.69, 9.17) is 0 Å². The van der Waals surface area contributed by atoms with Crippen LogP contribution in [-0.4, -0.2) is 42.2 Å². The molecule has 0 aromatic carbocycles. The fourth-order valence-electron chi connectivity index (χ4n) is 3.25. The molecule has 3 rings (SSSR count). The van der Waals surface area contributed by atoms with Crippen LogP contribution in [0.5, 0.6) is 0 Å². The molecule has 1 aromatic rings. The fourth-order valence-corrected chi connectivity index (χ4v) is 5.78. The lowest BCUT2D eigenvalue weighted by Gasteiger charge is -2.32. The zero-order valence-electron chi connectivity index (χ0n) is 13.0. The van der Waals surface area contributed by atoms with Crippen molar-refractivity contribution < 1.29 is 8.42 Å². The van der Waals surface area contributed by atoms with Gasteiger partial charge in [-0.15, -0.1) is 0 Å². The van der Waals surface area contributed by atoms with Crippen LogP contribution in [-0.2, 0) is 16.4 Å². The fraction of sp³-hybridized carbons (Fsp3) is 0.857. The molecule has 2 fully saturated rings. The maximum Gasteiger partial charge on any atom is 0.216 e. The summed E-state index contributed by atoms with van der Waals surface area (Å²) in [7, 11) is -3.24. The number of hydrogen-bond donors (Lipinski definition) is 1. The smallest absolute Gasteiger partial charge is 0.216 e. The zero-order chi connectivity index (χ0) is 15.6. The monoisotopic (exact) mass is 344 g/mol. The summed E-state index contributed by atoms with van der Waals surface area (Å²) in [6, 6.07) is 0.147. The Balaban J connectivity index is 1.66. The van der Waals surface area contributed by atoms with Gasteiger partial charge in [-0.1, -0.05) is 19.8 Å². The number of anilines is 1. The van der Waals surface area contributed by atoms with E-state index in [0.29, 0.717) is 6.54 Å². The van der Waals surface area contributed by atoms with Crippen LogP contribution in [0.3, 0.4) is 0 Å². The average molecular weight is 345 g/mol. The summed E-state index contributed by atoms with van der Waals surface area (Å²) >= 11 is 1.38. The van der Waals surface area contributed by atoms with Crippen molar-refractivity contribution >= 4 is 26.7 Å². The summed E-state index contributed by atoms with van der Waals surface area (Å²) in [5.74, 6) is 0.842. The summed E-state index contributed by atoms with van der Waals surface area (Å²) in [6.45, 7) is 3.43. The van der Waals surface area contributed by atoms with Gasteiger partial charge >= 0.3 is 0 Å². The highest BCUT2D eigenvalue weighted by Crippen LogP contribution is 2.26. The molecule has 6 nitrogen and oxygen atoms in total. The van der Waals surface area contributed by atoms with Crippen LogP contribution in [0.2, 0.25) is 0 Å². The summed E-state index contributed by atoms with van der Waals surface area (Å²) in [5.41, 5.74) is 0. The second kappa shape index (κ2) is 6.80. The Morgan fingerprint density at radius 2 is 2.05 bits per heavy atom. The Bertz CT molecular complexity index is 596. The number of rotatable bonds is 5. The summed E-state index contributed by atoms with van der Waals surface area (Å²) in [4.78, 5) is 6.57. The standard InChI is InChI=1S/C14H24N4O2S2/c1-2-13-15-14(21-16-13)18-9-5-8-12(10-18)22(19,20)17-11-6-3-4-7-11/h11-12,17H,2-10H2,1H3/t12-/m0/s1. The SMILES string of the molecule is CCc1nsc(N2CCC[C@H](S(=O)(=O)NC3CCCC3)C2)n1. The summed E-state index contributed by atoms with van der Waals surface area (Å²) in [6.07, 6.45) is 6.66. The highest BCUT2D eigenvalue weighted by Gasteiger charge is 2.33. The van der Waals surface area contributed by atoms with Crippen LogP contribution >= 0.6 is 11.5 Å². The Labute approximate surface area is 136 Å². The maximum atomic E-state index is 12.6. The third-order valence-electron chi connectivity index (χ3n) is 4.55. The van der Waals surface area contributed by atoms with Crippen molar-refractivity contribution in [3.05, 3.63) is 5.82 Å². The Hall–Kier alpha value is -0.730. The van der Waals surface area contributed by atoms with Gasteiger partial charge in [0.1, 0.15) is 5.82 Å². The van der Waals surface area contributed by atoms with Crippen molar-refractivity contribution in [3.8, 4) is 0 Å². The topological polar surface area (TPSA) is 75.2 Å². The van der Waals surface area contributed by atoms with E-state index in [0.717, 1.165) is 62.4 Å². The molecule has 1 N–H and O–H groups in total. The molecule has 1 aliphatic heterocycles. The largest absolute Gasteiger partial charge is 0.346 e. The van der Waals surface area contributed by atoms with E-state index < -0.39 is 10.0 Å². The first kappa shape index (κ1) is 16.1. The van der Waals surface area contributed by atoms with Gasteiger partial charge in [-0.25, -0.2) is 18.1 Å².